The monoisotopic (exact) mass is 681 g/mol. The zero-order valence-electron chi connectivity index (χ0n) is 32.1. The van der Waals surface area contributed by atoms with Crippen molar-refractivity contribution in [2.45, 2.75) is 145 Å². The number of carboxylic acids is 1. The number of nitrogens with zero attached hydrogens (tertiary/aromatic N) is 1. The van der Waals surface area contributed by atoms with Crippen LogP contribution < -0.4 is 0 Å². The summed E-state index contributed by atoms with van der Waals surface area (Å²) in [5.41, 5.74) is 1.20. The lowest BCUT2D eigenvalue weighted by Gasteiger charge is -2.73. The Morgan fingerprint density at radius 3 is 2.20 bits per heavy atom. The van der Waals surface area contributed by atoms with Crippen molar-refractivity contribution in [1.82, 2.24) is 4.90 Å². The first kappa shape index (κ1) is 36.9. The molecule has 0 aromatic rings. The molecule has 0 spiro atoms. The summed E-state index contributed by atoms with van der Waals surface area (Å²) in [5, 5.41) is 9.33. The number of fused-ring (bicyclic) bond motifs is 7. The largest absolute Gasteiger partial charge is 0.481 e. The maximum Gasteiger partial charge on any atom is 0.306 e. The van der Waals surface area contributed by atoms with Crippen LogP contribution in [0.15, 0.2) is 12.2 Å². The van der Waals surface area contributed by atoms with Crippen molar-refractivity contribution in [3.05, 3.63) is 12.2 Å². The number of aliphatic carboxylic acids is 1. The number of amides is 1. The Hall–Kier alpha value is -1.89. The molecular weight excluding hydrogens is 614 g/mol. The van der Waals surface area contributed by atoms with Crippen molar-refractivity contribution in [2.24, 2.45) is 62.1 Å². The van der Waals surface area contributed by atoms with Gasteiger partial charge in [0.05, 0.1) is 26.1 Å². The van der Waals surface area contributed by atoms with E-state index in [2.05, 4.69) is 53.0 Å². The van der Waals surface area contributed by atoms with Gasteiger partial charge in [0.2, 0.25) is 5.91 Å². The summed E-state index contributed by atoms with van der Waals surface area (Å²) in [5.74, 6) is 1.89. The van der Waals surface area contributed by atoms with Gasteiger partial charge < -0.3 is 19.5 Å². The average molecular weight is 682 g/mol. The predicted molar refractivity (Wildman–Crippen MR) is 192 cm³/mol. The highest BCUT2D eigenvalue weighted by molar-refractivity contribution is 5.77. The van der Waals surface area contributed by atoms with Crippen LogP contribution in [-0.4, -0.2) is 60.3 Å². The number of carbonyl (C=O) groups is 3. The molecular formula is C42H67NO6. The summed E-state index contributed by atoms with van der Waals surface area (Å²) in [6.07, 6.45) is 12.0. The number of ether oxygens (including phenoxy) is 2. The van der Waals surface area contributed by atoms with Gasteiger partial charge in [-0.1, -0.05) is 60.6 Å². The van der Waals surface area contributed by atoms with E-state index in [9.17, 15) is 19.5 Å². The Balaban J connectivity index is 1.23. The van der Waals surface area contributed by atoms with Crippen LogP contribution in [0.2, 0.25) is 0 Å². The van der Waals surface area contributed by atoms with Gasteiger partial charge in [0.15, 0.2) is 0 Å². The van der Waals surface area contributed by atoms with Gasteiger partial charge in [0, 0.05) is 24.9 Å². The third-order valence-corrected chi connectivity index (χ3v) is 16.6. The van der Waals surface area contributed by atoms with Gasteiger partial charge in [-0.15, -0.1) is 0 Å². The van der Waals surface area contributed by atoms with E-state index in [1.807, 2.05) is 13.8 Å². The fourth-order valence-electron chi connectivity index (χ4n) is 14.1. The summed E-state index contributed by atoms with van der Waals surface area (Å²) in [7, 11) is 0. The van der Waals surface area contributed by atoms with Gasteiger partial charge in [-0.2, -0.15) is 0 Å². The van der Waals surface area contributed by atoms with Crippen molar-refractivity contribution < 1.29 is 29.0 Å². The van der Waals surface area contributed by atoms with E-state index >= 15 is 0 Å². The molecule has 1 saturated heterocycles. The van der Waals surface area contributed by atoms with E-state index in [-0.39, 0.29) is 52.0 Å². The number of rotatable bonds is 8. The standard InChI is InChI=1S/C42H67NO6/c1-27(2)28-12-17-42(24-33(44)43-20-22-48-23-21-43)19-18-40(8)29(36(28)42)10-11-31-39(7)15-14-32(38(5,6)30(39)13-16-41(31,40)9)49-35(47)26-37(3,4)25-34(45)46/h28-32,36H,1,10-26H2,2-9H3,(H,45,46)/t28-,29+,30-,31+,32-,36+,39-,40+,41+,42+/m0/s1. The second kappa shape index (κ2) is 12.7. The molecule has 1 aliphatic heterocycles. The number of hydrogen-bond acceptors (Lipinski definition) is 5. The highest BCUT2D eigenvalue weighted by Crippen LogP contribution is 2.78. The van der Waals surface area contributed by atoms with Crippen LogP contribution in [0.25, 0.3) is 0 Å². The molecule has 0 bridgehead atoms. The first-order valence-corrected chi connectivity index (χ1v) is 19.7. The number of esters is 1. The van der Waals surface area contributed by atoms with E-state index < -0.39 is 11.4 Å². The molecule has 1 amide bonds. The lowest BCUT2D eigenvalue weighted by molar-refractivity contribution is -0.250. The predicted octanol–water partition coefficient (Wildman–Crippen LogP) is 8.70. The summed E-state index contributed by atoms with van der Waals surface area (Å²) in [6, 6.07) is 0. The van der Waals surface area contributed by atoms with E-state index in [0.717, 1.165) is 45.2 Å². The van der Waals surface area contributed by atoms with E-state index in [1.165, 1.54) is 37.7 Å². The molecule has 7 heteroatoms. The Bertz CT molecular complexity index is 1330. The minimum absolute atomic E-state index is 0.0455. The minimum Gasteiger partial charge on any atom is -0.481 e. The van der Waals surface area contributed by atoms with Crippen molar-refractivity contribution in [1.29, 1.82) is 0 Å². The molecule has 49 heavy (non-hydrogen) atoms. The van der Waals surface area contributed by atoms with Crippen LogP contribution in [0.1, 0.15) is 139 Å². The molecule has 276 valence electrons. The third-order valence-electron chi connectivity index (χ3n) is 16.6. The zero-order valence-corrected chi connectivity index (χ0v) is 32.1. The molecule has 6 aliphatic rings. The average Bonchev–Trinajstić information content (AvgIpc) is 3.38. The van der Waals surface area contributed by atoms with E-state index in [4.69, 9.17) is 9.47 Å². The smallest absolute Gasteiger partial charge is 0.306 e. The molecule has 0 aromatic carbocycles. The van der Waals surface area contributed by atoms with Crippen LogP contribution >= 0.6 is 0 Å². The lowest BCUT2D eigenvalue weighted by Crippen LogP contribution is -2.67. The fraction of sp³-hybridized carbons (Fsp3) is 0.881. The number of allylic oxidation sites excluding steroid dienone is 1. The van der Waals surface area contributed by atoms with Crippen molar-refractivity contribution >= 4 is 17.8 Å². The van der Waals surface area contributed by atoms with Crippen molar-refractivity contribution in [3.63, 3.8) is 0 Å². The molecule has 0 radical (unpaired) electrons. The summed E-state index contributed by atoms with van der Waals surface area (Å²) < 4.78 is 11.9. The Kier molecular flexibility index (Phi) is 9.53. The van der Waals surface area contributed by atoms with Gasteiger partial charge in [-0.25, -0.2) is 0 Å². The minimum atomic E-state index is -0.881. The number of carbonyl (C=O) groups excluding carboxylic acids is 2. The fourth-order valence-corrected chi connectivity index (χ4v) is 14.1. The van der Waals surface area contributed by atoms with E-state index in [0.29, 0.717) is 55.1 Å². The molecule has 1 N–H and O–H groups in total. The maximum atomic E-state index is 13.9. The quantitative estimate of drug-likeness (QED) is 0.204. The van der Waals surface area contributed by atoms with Crippen LogP contribution in [0.4, 0.5) is 0 Å². The summed E-state index contributed by atoms with van der Waals surface area (Å²) in [6.45, 7) is 25.8. The molecule has 7 nitrogen and oxygen atoms in total. The van der Waals surface area contributed by atoms with Gasteiger partial charge in [0.1, 0.15) is 6.10 Å². The van der Waals surface area contributed by atoms with Gasteiger partial charge in [0.25, 0.3) is 0 Å². The number of morpholine rings is 1. The first-order chi connectivity index (χ1) is 22.8. The SMILES string of the molecule is C=C(C)[C@@H]1CC[C@]2(CC(=O)N3CCOCC3)CC[C@]3(C)[C@H](CC[C@@H]4[C@@]5(C)CC[C@H](OC(=O)CC(C)(C)CC(=O)O)C(C)(C)[C@@H]5CC[C@]43C)[C@@H]12. The van der Waals surface area contributed by atoms with Crippen molar-refractivity contribution in [2.75, 3.05) is 26.3 Å². The molecule has 10 atom stereocenters. The first-order valence-electron chi connectivity index (χ1n) is 19.7. The molecule has 0 aromatic heterocycles. The Morgan fingerprint density at radius 2 is 1.55 bits per heavy atom. The second-order valence-corrected chi connectivity index (χ2v) is 20.0. The Labute approximate surface area is 296 Å². The van der Waals surface area contributed by atoms with Gasteiger partial charge in [-0.3, -0.25) is 14.4 Å². The Morgan fingerprint density at radius 1 is 0.857 bits per heavy atom. The molecule has 1 heterocycles. The third kappa shape index (κ3) is 6.02. The molecule has 6 fully saturated rings. The summed E-state index contributed by atoms with van der Waals surface area (Å²) in [4.78, 5) is 40.5. The normalized spacial score (nSPS) is 43.0. The van der Waals surface area contributed by atoms with Crippen LogP contribution in [0, 0.1) is 62.1 Å². The van der Waals surface area contributed by atoms with E-state index in [1.54, 1.807) is 0 Å². The highest BCUT2D eigenvalue weighted by atomic mass is 16.5. The van der Waals surface area contributed by atoms with Gasteiger partial charge >= 0.3 is 11.9 Å². The molecule has 0 unspecified atom stereocenters. The second-order valence-electron chi connectivity index (χ2n) is 20.0. The topological polar surface area (TPSA) is 93.1 Å². The lowest BCUT2D eigenvalue weighted by atomic mass is 9.32. The maximum absolute atomic E-state index is 13.9. The van der Waals surface area contributed by atoms with Crippen LogP contribution in [0.5, 0.6) is 0 Å². The van der Waals surface area contributed by atoms with Crippen LogP contribution in [-0.2, 0) is 23.9 Å². The zero-order chi connectivity index (χ0) is 35.8. The molecule has 5 aliphatic carbocycles. The summed E-state index contributed by atoms with van der Waals surface area (Å²) >= 11 is 0. The number of carboxylic acid groups (broad SMARTS) is 1. The number of hydrogen-bond donors (Lipinski definition) is 1. The molecule has 5 saturated carbocycles. The highest BCUT2D eigenvalue weighted by Gasteiger charge is 2.71. The van der Waals surface area contributed by atoms with Gasteiger partial charge in [-0.05, 0) is 128 Å². The van der Waals surface area contributed by atoms with Crippen molar-refractivity contribution in [3.8, 4) is 0 Å². The van der Waals surface area contributed by atoms with Crippen LogP contribution in [0.3, 0.4) is 0 Å². The molecule has 6 rings (SSSR count).